The third-order valence-electron chi connectivity index (χ3n) is 2.80. The summed E-state index contributed by atoms with van der Waals surface area (Å²) in [5.74, 6) is -0.342. The van der Waals surface area contributed by atoms with Gasteiger partial charge in [0.2, 0.25) is 0 Å². The number of methoxy groups -OCH3 is 2. The smallest absolute Gasteiger partial charge is 0.330 e. The fourth-order valence-electron chi connectivity index (χ4n) is 1.42. The largest absolute Gasteiger partial charge is 0.463 e. The lowest BCUT2D eigenvalue weighted by atomic mass is 10.3. The molecule has 100 valence electrons. The van der Waals surface area contributed by atoms with E-state index >= 15 is 0 Å². The molecule has 0 aliphatic rings. The van der Waals surface area contributed by atoms with E-state index in [4.69, 9.17) is 14.2 Å². The van der Waals surface area contributed by atoms with Crippen LogP contribution in [0.15, 0.2) is 12.7 Å². The van der Waals surface area contributed by atoms with Gasteiger partial charge in [0.05, 0.1) is 16.1 Å². The highest BCUT2D eigenvalue weighted by Crippen LogP contribution is 2.12. The summed E-state index contributed by atoms with van der Waals surface area (Å²) in [5, 5.41) is 0. The van der Waals surface area contributed by atoms with Crippen LogP contribution >= 0.6 is 0 Å². The van der Waals surface area contributed by atoms with Gasteiger partial charge in [-0.1, -0.05) is 25.5 Å². The van der Waals surface area contributed by atoms with Crippen LogP contribution in [0, 0.1) is 0 Å². The summed E-state index contributed by atoms with van der Waals surface area (Å²) in [7, 11) is 2.98. The van der Waals surface area contributed by atoms with Crippen LogP contribution in [0.5, 0.6) is 0 Å². The number of carbonyl (C=O) groups is 1. The number of rotatable bonds is 10. The molecule has 0 unspecified atom stereocenters. The van der Waals surface area contributed by atoms with Gasteiger partial charge >= 0.3 is 5.97 Å². The minimum atomic E-state index is -0.394. The van der Waals surface area contributed by atoms with Crippen molar-refractivity contribution in [1.82, 2.24) is 0 Å². The molecular weight excluding hydrogens is 236 g/mol. The summed E-state index contributed by atoms with van der Waals surface area (Å²) in [6, 6.07) is 1.17. The summed E-state index contributed by atoms with van der Waals surface area (Å²) in [4.78, 5) is 10.7. The lowest BCUT2D eigenvalue weighted by Crippen LogP contribution is -2.36. The Morgan fingerprint density at radius 3 is 2.47 bits per heavy atom. The third-order valence-corrected chi connectivity index (χ3v) is 5.14. The maximum atomic E-state index is 10.7. The molecule has 4 nitrogen and oxygen atoms in total. The SMILES string of the molecule is C=CC(=O)OCCCCC[SiH2]C(C)(OC)OC. The average Bonchev–Trinajstić information content (AvgIpc) is 2.36. The lowest BCUT2D eigenvalue weighted by Gasteiger charge is -2.26. The first-order valence-corrected chi connectivity index (χ1v) is 7.68. The van der Waals surface area contributed by atoms with Crippen molar-refractivity contribution in [2.24, 2.45) is 0 Å². The van der Waals surface area contributed by atoms with Crippen LogP contribution in [0.25, 0.3) is 0 Å². The number of hydrogen-bond donors (Lipinski definition) is 0. The van der Waals surface area contributed by atoms with Gasteiger partial charge in [0.1, 0.15) is 5.41 Å². The molecule has 0 heterocycles. The Morgan fingerprint density at radius 1 is 1.29 bits per heavy atom. The molecule has 0 bridgehead atoms. The number of esters is 1. The minimum absolute atomic E-state index is 0.338. The quantitative estimate of drug-likeness (QED) is 0.196. The van der Waals surface area contributed by atoms with Crippen LogP contribution in [-0.4, -0.2) is 41.7 Å². The number of carbonyl (C=O) groups excluding carboxylic acids is 1. The highest BCUT2D eigenvalue weighted by Gasteiger charge is 2.21. The van der Waals surface area contributed by atoms with Gasteiger partial charge in [0.25, 0.3) is 0 Å². The standard InChI is InChI=1S/C12H24O4Si/c1-5-11(13)16-9-7-6-8-10-17-12(2,14-3)15-4/h5H,1,6-10,17H2,2-4H3. The summed E-state index contributed by atoms with van der Waals surface area (Å²) < 4.78 is 15.5. The molecule has 0 N–H and O–H groups in total. The van der Waals surface area contributed by atoms with Gasteiger partial charge in [-0.2, -0.15) is 0 Å². The summed E-state index contributed by atoms with van der Waals surface area (Å²) in [6.45, 7) is 5.81. The molecule has 0 aromatic rings. The molecule has 17 heavy (non-hydrogen) atoms. The third kappa shape index (κ3) is 8.12. The number of unbranched alkanes of at least 4 members (excludes halogenated alkanes) is 2. The predicted molar refractivity (Wildman–Crippen MR) is 70.8 cm³/mol. The van der Waals surface area contributed by atoms with Gasteiger partial charge < -0.3 is 14.2 Å². The fourth-order valence-corrected chi connectivity index (χ4v) is 3.07. The molecule has 0 aliphatic carbocycles. The van der Waals surface area contributed by atoms with Gasteiger partial charge in [0, 0.05) is 20.3 Å². The topological polar surface area (TPSA) is 44.8 Å². The fraction of sp³-hybridized carbons (Fsp3) is 0.750. The van der Waals surface area contributed by atoms with Crippen molar-refractivity contribution in [2.45, 2.75) is 37.6 Å². The van der Waals surface area contributed by atoms with Crippen molar-refractivity contribution in [3.8, 4) is 0 Å². The van der Waals surface area contributed by atoms with E-state index in [2.05, 4.69) is 6.58 Å². The van der Waals surface area contributed by atoms with Crippen molar-refractivity contribution in [3.05, 3.63) is 12.7 Å². The molecule has 5 heteroatoms. The second-order valence-electron chi connectivity index (χ2n) is 4.08. The van der Waals surface area contributed by atoms with Gasteiger partial charge in [-0.3, -0.25) is 0 Å². The Labute approximate surface area is 106 Å². The van der Waals surface area contributed by atoms with Crippen LogP contribution in [0.1, 0.15) is 26.2 Å². The van der Waals surface area contributed by atoms with E-state index < -0.39 is 9.52 Å². The van der Waals surface area contributed by atoms with Gasteiger partial charge in [-0.25, -0.2) is 4.79 Å². The molecule has 0 radical (unpaired) electrons. The minimum Gasteiger partial charge on any atom is -0.463 e. The van der Waals surface area contributed by atoms with Gasteiger partial charge in [-0.05, 0) is 13.3 Å². The van der Waals surface area contributed by atoms with Crippen molar-refractivity contribution < 1.29 is 19.0 Å². The molecule has 0 aliphatic heterocycles. The Balaban J connectivity index is 3.40. The first-order chi connectivity index (χ1) is 8.08. The Kier molecular flexibility index (Phi) is 9.02. The molecule has 0 aromatic carbocycles. The second kappa shape index (κ2) is 9.38. The van der Waals surface area contributed by atoms with E-state index in [-0.39, 0.29) is 11.4 Å². The van der Waals surface area contributed by atoms with Crippen molar-refractivity contribution >= 4 is 15.5 Å². The van der Waals surface area contributed by atoms with Gasteiger partial charge in [0.15, 0.2) is 0 Å². The van der Waals surface area contributed by atoms with Crippen LogP contribution in [0.3, 0.4) is 0 Å². The maximum absolute atomic E-state index is 10.7. The van der Waals surface area contributed by atoms with E-state index in [9.17, 15) is 4.79 Å². The molecule has 0 fully saturated rings. The molecule has 0 amide bonds. The monoisotopic (exact) mass is 260 g/mol. The zero-order valence-corrected chi connectivity index (χ0v) is 12.6. The zero-order chi connectivity index (χ0) is 13.1. The molecule has 0 atom stereocenters. The van der Waals surface area contributed by atoms with E-state index in [0.29, 0.717) is 6.61 Å². The summed E-state index contributed by atoms with van der Waals surface area (Å²) in [6.07, 6.45) is 4.31. The Hall–Kier alpha value is -0.653. The van der Waals surface area contributed by atoms with Crippen LogP contribution in [0.4, 0.5) is 0 Å². The zero-order valence-electron chi connectivity index (χ0n) is 11.2. The molecule has 0 saturated carbocycles. The Bertz CT molecular complexity index is 227. The van der Waals surface area contributed by atoms with Crippen molar-refractivity contribution in [1.29, 1.82) is 0 Å². The lowest BCUT2D eigenvalue weighted by molar-refractivity contribution is -0.137. The van der Waals surface area contributed by atoms with Crippen molar-refractivity contribution in [2.75, 3.05) is 20.8 Å². The van der Waals surface area contributed by atoms with E-state index in [1.54, 1.807) is 14.2 Å². The van der Waals surface area contributed by atoms with Crippen LogP contribution in [-0.2, 0) is 19.0 Å². The van der Waals surface area contributed by atoms with Gasteiger partial charge in [-0.15, -0.1) is 0 Å². The molecule has 0 rings (SSSR count). The molecule has 0 saturated heterocycles. The van der Waals surface area contributed by atoms with Crippen LogP contribution in [0.2, 0.25) is 6.04 Å². The molecular formula is C12H24O4Si. The number of ether oxygens (including phenoxy) is 3. The molecule has 0 spiro atoms. The summed E-state index contributed by atoms with van der Waals surface area (Å²) in [5.41, 5.74) is -0.338. The number of hydrogen-bond acceptors (Lipinski definition) is 4. The van der Waals surface area contributed by atoms with Crippen LogP contribution < -0.4 is 0 Å². The van der Waals surface area contributed by atoms with E-state index in [0.717, 1.165) is 19.3 Å². The Morgan fingerprint density at radius 2 is 1.94 bits per heavy atom. The second-order valence-corrected chi connectivity index (χ2v) is 6.57. The first-order valence-electron chi connectivity index (χ1n) is 5.97. The summed E-state index contributed by atoms with van der Waals surface area (Å²) >= 11 is 0. The molecule has 0 aromatic heterocycles. The van der Waals surface area contributed by atoms with E-state index in [1.165, 1.54) is 12.1 Å². The van der Waals surface area contributed by atoms with Crippen molar-refractivity contribution in [3.63, 3.8) is 0 Å². The maximum Gasteiger partial charge on any atom is 0.330 e. The highest BCUT2D eigenvalue weighted by atomic mass is 28.2. The first kappa shape index (κ1) is 16.3. The normalized spacial score (nSPS) is 11.9. The highest BCUT2D eigenvalue weighted by molar-refractivity contribution is 6.38. The average molecular weight is 260 g/mol. The van der Waals surface area contributed by atoms with E-state index in [1.807, 2.05) is 6.92 Å². The predicted octanol–water partition coefficient (Wildman–Crippen LogP) is 1.44.